The number of rotatable bonds is 1. The summed E-state index contributed by atoms with van der Waals surface area (Å²) >= 11 is 13.5. The molecule has 3 fully saturated rings. The fourth-order valence-electron chi connectivity index (χ4n) is 3.55. The van der Waals surface area contributed by atoms with Gasteiger partial charge in [0.25, 0.3) is 5.91 Å². The van der Waals surface area contributed by atoms with Gasteiger partial charge in [0.15, 0.2) is 0 Å². The van der Waals surface area contributed by atoms with E-state index in [2.05, 4.69) is 0 Å². The first-order valence-corrected chi connectivity index (χ1v) is 9.81. The van der Waals surface area contributed by atoms with E-state index >= 15 is 0 Å². The Labute approximate surface area is 159 Å². The summed E-state index contributed by atoms with van der Waals surface area (Å²) in [6, 6.07) is 3.73. The molecule has 0 N–H and O–H groups in total. The molecule has 3 aliphatic rings. The predicted molar refractivity (Wildman–Crippen MR) is 95.8 cm³/mol. The van der Waals surface area contributed by atoms with Gasteiger partial charge in [0, 0.05) is 34.5 Å². The fraction of sp³-hybridized carbons (Fsp3) is 0.438. The molecule has 132 valence electrons. The number of benzene rings is 1. The summed E-state index contributed by atoms with van der Waals surface area (Å²) in [5.74, 6) is 0.875. The molecule has 9 heteroatoms. The molecule has 0 aromatic heterocycles. The van der Waals surface area contributed by atoms with Crippen molar-refractivity contribution in [3.8, 4) is 0 Å². The molecule has 0 unspecified atom stereocenters. The Balaban J connectivity index is 1.56. The molecule has 4 rings (SSSR count). The summed E-state index contributed by atoms with van der Waals surface area (Å²) in [4.78, 5) is 43.0. The van der Waals surface area contributed by atoms with Crippen molar-refractivity contribution in [3.63, 3.8) is 0 Å². The smallest absolute Gasteiger partial charge is 0.254 e. The highest BCUT2D eigenvalue weighted by Gasteiger charge is 2.50. The fourth-order valence-corrected chi connectivity index (χ4v) is 5.23. The van der Waals surface area contributed by atoms with Crippen LogP contribution in [0.2, 0.25) is 10.0 Å². The van der Waals surface area contributed by atoms with E-state index in [-0.39, 0.29) is 30.3 Å². The molecule has 3 saturated heterocycles. The van der Waals surface area contributed by atoms with E-state index in [0.717, 1.165) is 0 Å². The number of hydrogen-bond acceptors (Lipinski definition) is 4. The van der Waals surface area contributed by atoms with E-state index in [0.29, 0.717) is 40.3 Å². The highest BCUT2D eigenvalue weighted by molar-refractivity contribution is 7.99. The number of carbonyl (C=O) groups excluding carboxylic acids is 3. The third-order valence-electron chi connectivity index (χ3n) is 4.80. The number of nitrogens with zero attached hydrogens (tertiary/aromatic N) is 3. The van der Waals surface area contributed by atoms with Gasteiger partial charge in [-0.2, -0.15) is 0 Å². The van der Waals surface area contributed by atoms with Gasteiger partial charge in [-0.25, -0.2) is 0 Å². The minimum absolute atomic E-state index is 0.00695. The molecule has 1 aromatic carbocycles. The van der Waals surface area contributed by atoms with Crippen molar-refractivity contribution in [1.82, 2.24) is 14.7 Å². The van der Waals surface area contributed by atoms with Gasteiger partial charge in [0.2, 0.25) is 11.8 Å². The van der Waals surface area contributed by atoms with E-state index in [1.165, 1.54) is 0 Å². The third kappa shape index (κ3) is 2.88. The average molecular weight is 400 g/mol. The largest absolute Gasteiger partial charge is 0.334 e. The van der Waals surface area contributed by atoms with E-state index < -0.39 is 6.04 Å². The van der Waals surface area contributed by atoms with Crippen LogP contribution in [-0.2, 0) is 9.59 Å². The van der Waals surface area contributed by atoms with Crippen molar-refractivity contribution in [1.29, 1.82) is 0 Å². The topological polar surface area (TPSA) is 60.9 Å². The van der Waals surface area contributed by atoms with Gasteiger partial charge >= 0.3 is 0 Å². The normalized spacial score (nSPS) is 25.9. The number of halogens is 2. The monoisotopic (exact) mass is 399 g/mol. The molecule has 0 aliphatic carbocycles. The highest BCUT2D eigenvalue weighted by atomic mass is 35.5. The molecule has 0 bridgehead atoms. The number of hydrogen-bond donors (Lipinski definition) is 0. The number of thioether (sulfide) groups is 1. The van der Waals surface area contributed by atoms with Crippen LogP contribution in [0.1, 0.15) is 10.4 Å². The molecule has 25 heavy (non-hydrogen) atoms. The summed E-state index contributed by atoms with van der Waals surface area (Å²) < 4.78 is 0. The summed E-state index contributed by atoms with van der Waals surface area (Å²) in [5.41, 5.74) is 0.384. The SMILES string of the molecule is O=C(c1cc(Cl)cc(Cl)c1)N1CCN2C(=O)[C@@H]3CSCN3C(=O)[C@H]2C1. The third-order valence-corrected chi connectivity index (χ3v) is 6.24. The maximum atomic E-state index is 12.8. The number of carbonyl (C=O) groups is 3. The number of amides is 3. The maximum absolute atomic E-state index is 12.8. The quantitative estimate of drug-likeness (QED) is 0.718. The molecule has 0 saturated carbocycles. The molecule has 1 aromatic rings. The second-order valence-electron chi connectivity index (χ2n) is 6.28. The lowest BCUT2D eigenvalue weighted by atomic mass is 10.0. The Morgan fingerprint density at radius 3 is 2.40 bits per heavy atom. The number of piperazine rings is 2. The van der Waals surface area contributed by atoms with Gasteiger partial charge < -0.3 is 14.7 Å². The Hall–Kier alpha value is -1.44. The van der Waals surface area contributed by atoms with Gasteiger partial charge in [-0.3, -0.25) is 14.4 Å². The molecule has 3 amide bonds. The van der Waals surface area contributed by atoms with Crippen LogP contribution in [0.4, 0.5) is 0 Å². The van der Waals surface area contributed by atoms with E-state index in [1.807, 2.05) is 0 Å². The second kappa shape index (κ2) is 6.37. The van der Waals surface area contributed by atoms with Crippen molar-refractivity contribution < 1.29 is 14.4 Å². The molecule has 2 atom stereocenters. The molecular formula is C16H15Cl2N3O3S. The first kappa shape index (κ1) is 17.0. The van der Waals surface area contributed by atoms with E-state index in [1.54, 1.807) is 44.7 Å². The van der Waals surface area contributed by atoms with Crippen molar-refractivity contribution in [2.24, 2.45) is 0 Å². The first-order valence-electron chi connectivity index (χ1n) is 7.90. The van der Waals surface area contributed by atoms with Crippen LogP contribution < -0.4 is 0 Å². The van der Waals surface area contributed by atoms with E-state index in [9.17, 15) is 14.4 Å². The molecule has 3 heterocycles. The maximum Gasteiger partial charge on any atom is 0.254 e. The van der Waals surface area contributed by atoms with Crippen LogP contribution in [0.3, 0.4) is 0 Å². The van der Waals surface area contributed by atoms with Crippen molar-refractivity contribution >= 4 is 52.7 Å². The Bertz CT molecular complexity index is 755. The molecule has 0 radical (unpaired) electrons. The lowest BCUT2D eigenvalue weighted by molar-refractivity contribution is -0.161. The number of fused-ring (bicyclic) bond motifs is 2. The van der Waals surface area contributed by atoms with Crippen LogP contribution >= 0.6 is 35.0 Å². The average Bonchev–Trinajstić information content (AvgIpc) is 3.08. The Morgan fingerprint density at radius 2 is 1.68 bits per heavy atom. The van der Waals surface area contributed by atoms with Gasteiger partial charge in [0.1, 0.15) is 12.1 Å². The van der Waals surface area contributed by atoms with Crippen LogP contribution in [0.15, 0.2) is 18.2 Å². The minimum Gasteiger partial charge on any atom is -0.334 e. The Morgan fingerprint density at radius 1 is 1.00 bits per heavy atom. The lowest BCUT2D eigenvalue weighted by Gasteiger charge is -2.47. The van der Waals surface area contributed by atoms with Gasteiger partial charge in [-0.15, -0.1) is 11.8 Å². The molecular weight excluding hydrogens is 385 g/mol. The van der Waals surface area contributed by atoms with Crippen LogP contribution in [-0.4, -0.2) is 75.8 Å². The molecule has 6 nitrogen and oxygen atoms in total. The molecule has 3 aliphatic heterocycles. The summed E-state index contributed by atoms with van der Waals surface area (Å²) in [7, 11) is 0. The first-order chi connectivity index (χ1) is 12.0. The summed E-state index contributed by atoms with van der Waals surface area (Å²) in [6.45, 7) is 0.948. The van der Waals surface area contributed by atoms with Gasteiger partial charge in [-0.05, 0) is 18.2 Å². The summed E-state index contributed by atoms with van der Waals surface area (Å²) in [5, 5.41) is 0.769. The lowest BCUT2D eigenvalue weighted by Crippen LogP contribution is -2.69. The predicted octanol–water partition coefficient (Wildman–Crippen LogP) is 1.56. The van der Waals surface area contributed by atoms with Crippen molar-refractivity contribution in [2.45, 2.75) is 12.1 Å². The van der Waals surface area contributed by atoms with Crippen LogP contribution in [0, 0.1) is 0 Å². The second-order valence-corrected chi connectivity index (χ2v) is 8.15. The van der Waals surface area contributed by atoms with Crippen molar-refractivity contribution in [3.05, 3.63) is 33.8 Å². The summed E-state index contributed by atoms with van der Waals surface area (Å²) in [6.07, 6.45) is 0. The Kier molecular flexibility index (Phi) is 4.33. The van der Waals surface area contributed by atoms with Crippen molar-refractivity contribution in [2.75, 3.05) is 31.3 Å². The van der Waals surface area contributed by atoms with Crippen LogP contribution in [0.5, 0.6) is 0 Å². The van der Waals surface area contributed by atoms with E-state index in [4.69, 9.17) is 23.2 Å². The standard InChI is InChI=1S/C16H15Cl2N3O3S/c17-10-3-9(4-11(18)5-10)14(22)19-1-2-20-12(6-19)15(23)21-8-25-7-13(21)16(20)24/h3-5,12-13H,1-2,6-8H2/t12-,13+/m1/s1. The highest BCUT2D eigenvalue weighted by Crippen LogP contribution is 2.31. The minimum atomic E-state index is -0.602. The van der Waals surface area contributed by atoms with Gasteiger partial charge in [-0.1, -0.05) is 23.2 Å². The molecule has 0 spiro atoms. The zero-order valence-electron chi connectivity index (χ0n) is 13.2. The zero-order valence-corrected chi connectivity index (χ0v) is 15.5. The zero-order chi connectivity index (χ0) is 17.7. The van der Waals surface area contributed by atoms with Gasteiger partial charge in [0.05, 0.1) is 12.4 Å². The van der Waals surface area contributed by atoms with Crippen LogP contribution in [0.25, 0.3) is 0 Å².